The number of carbonyl (C=O) groups excluding carboxylic acids is 1. The minimum Gasteiger partial charge on any atom is -0.489 e. The van der Waals surface area contributed by atoms with Gasteiger partial charge in [-0.05, 0) is 92.8 Å². The van der Waals surface area contributed by atoms with E-state index in [0.29, 0.717) is 22.0 Å². The van der Waals surface area contributed by atoms with Crippen molar-refractivity contribution < 1.29 is 14.3 Å². The molecule has 7 nitrogen and oxygen atoms in total. The van der Waals surface area contributed by atoms with Crippen molar-refractivity contribution in [1.29, 1.82) is 0 Å². The van der Waals surface area contributed by atoms with E-state index in [1.165, 1.54) is 19.0 Å². The second kappa shape index (κ2) is 13.4. The standard InChI is InChI=1S/C35H39ClN4O3/c1-5-7-8-12-26(10-6-2)42-33-19-24-18-31(39-30(24)20-29(33)36)34(41)28-21-38-40(35(28)37)25-14-15-32(23(4)17-25)43-27-13-9-11-22(3)16-27/h9,11,13-21,26,39H,5-8,10,12,37H2,1-4H3. The van der Waals surface area contributed by atoms with Gasteiger partial charge < -0.3 is 20.2 Å². The highest BCUT2D eigenvalue weighted by atomic mass is 35.5. The number of aryl methyl sites for hydroxylation is 2. The zero-order chi connectivity index (χ0) is 30.5. The van der Waals surface area contributed by atoms with Crippen molar-refractivity contribution in [1.82, 2.24) is 14.8 Å². The van der Waals surface area contributed by atoms with Gasteiger partial charge in [0.05, 0.1) is 34.3 Å². The molecule has 3 N–H and O–H groups in total. The summed E-state index contributed by atoms with van der Waals surface area (Å²) in [6.45, 7) is 8.35. The quantitative estimate of drug-likeness (QED) is 0.104. The van der Waals surface area contributed by atoms with Gasteiger partial charge in [0.1, 0.15) is 23.1 Å². The fraction of sp³-hybridized carbons (Fsp3) is 0.314. The number of hydrogen-bond acceptors (Lipinski definition) is 5. The van der Waals surface area contributed by atoms with Gasteiger partial charge in [-0.1, -0.05) is 56.8 Å². The van der Waals surface area contributed by atoms with Crippen LogP contribution in [0.2, 0.25) is 5.02 Å². The van der Waals surface area contributed by atoms with Crippen LogP contribution in [0.5, 0.6) is 17.2 Å². The van der Waals surface area contributed by atoms with Crippen molar-refractivity contribution in [2.45, 2.75) is 72.3 Å². The summed E-state index contributed by atoms with van der Waals surface area (Å²) >= 11 is 6.61. The lowest BCUT2D eigenvalue weighted by Gasteiger charge is -2.19. The molecular formula is C35H39ClN4O3. The Morgan fingerprint density at radius 1 is 1.00 bits per heavy atom. The van der Waals surface area contributed by atoms with Gasteiger partial charge in [0, 0.05) is 10.9 Å². The maximum atomic E-state index is 13.6. The predicted molar refractivity (Wildman–Crippen MR) is 174 cm³/mol. The molecule has 0 aliphatic heterocycles. The van der Waals surface area contributed by atoms with Crippen molar-refractivity contribution in [2.75, 3.05) is 5.73 Å². The molecular weight excluding hydrogens is 560 g/mol. The second-order valence-corrected chi connectivity index (χ2v) is 11.5. The minimum atomic E-state index is -0.252. The third kappa shape index (κ3) is 6.89. The third-order valence-corrected chi connectivity index (χ3v) is 7.92. The fourth-order valence-corrected chi connectivity index (χ4v) is 5.51. The molecule has 0 spiro atoms. The van der Waals surface area contributed by atoms with Crippen LogP contribution < -0.4 is 15.2 Å². The topological polar surface area (TPSA) is 95.2 Å². The molecule has 0 aliphatic rings. The Balaban J connectivity index is 1.35. The van der Waals surface area contributed by atoms with Gasteiger partial charge in [-0.3, -0.25) is 4.79 Å². The lowest BCUT2D eigenvalue weighted by Crippen LogP contribution is -2.16. The molecule has 0 fully saturated rings. The normalized spacial score (nSPS) is 12.0. The first-order chi connectivity index (χ1) is 20.8. The molecule has 1 unspecified atom stereocenters. The van der Waals surface area contributed by atoms with Crippen molar-refractivity contribution in [2.24, 2.45) is 0 Å². The number of nitrogens with two attached hydrogens (primary N) is 1. The summed E-state index contributed by atoms with van der Waals surface area (Å²) in [5.74, 6) is 2.15. The molecule has 2 heterocycles. The molecule has 5 rings (SSSR count). The Morgan fingerprint density at radius 2 is 1.84 bits per heavy atom. The maximum Gasteiger partial charge on any atom is 0.214 e. The molecule has 2 aromatic heterocycles. The van der Waals surface area contributed by atoms with Crippen molar-refractivity contribution in [3.05, 3.63) is 94.3 Å². The van der Waals surface area contributed by atoms with Gasteiger partial charge in [-0.15, -0.1) is 0 Å². The van der Waals surface area contributed by atoms with Crippen molar-refractivity contribution in [3.63, 3.8) is 0 Å². The van der Waals surface area contributed by atoms with Gasteiger partial charge in [0.2, 0.25) is 5.78 Å². The van der Waals surface area contributed by atoms with E-state index in [0.717, 1.165) is 64.9 Å². The van der Waals surface area contributed by atoms with E-state index in [-0.39, 0.29) is 17.7 Å². The number of aromatic nitrogens is 3. The van der Waals surface area contributed by atoms with Crippen LogP contribution >= 0.6 is 11.6 Å². The summed E-state index contributed by atoms with van der Waals surface area (Å²) in [4.78, 5) is 16.8. The number of unbranched alkanes of at least 4 members (excludes halogenated alkanes) is 2. The molecule has 43 heavy (non-hydrogen) atoms. The molecule has 5 aromatic rings. The largest absolute Gasteiger partial charge is 0.489 e. The number of nitrogens with one attached hydrogen (secondary N) is 1. The molecule has 1 atom stereocenters. The Labute approximate surface area is 258 Å². The molecule has 0 saturated heterocycles. The summed E-state index contributed by atoms with van der Waals surface area (Å²) in [6, 6.07) is 19.1. The molecule has 224 valence electrons. The SMILES string of the molecule is CCCCCC(CCC)Oc1cc2cc(C(=O)c3cnn(-c4ccc(Oc5cccc(C)c5)c(C)c4)c3N)[nH]c2cc1Cl. The predicted octanol–water partition coefficient (Wildman–Crippen LogP) is 9.36. The van der Waals surface area contributed by atoms with Gasteiger partial charge in [-0.25, -0.2) is 4.68 Å². The lowest BCUT2D eigenvalue weighted by molar-refractivity contribution is 0.103. The number of nitrogen functional groups attached to an aromatic ring is 1. The number of ether oxygens (including phenoxy) is 2. The number of carbonyl (C=O) groups is 1. The van der Waals surface area contributed by atoms with E-state index in [2.05, 4.69) is 23.9 Å². The molecule has 0 saturated carbocycles. The highest BCUT2D eigenvalue weighted by Gasteiger charge is 2.21. The highest BCUT2D eigenvalue weighted by molar-refractivity contribution is 6.32. The number of anilines is 1. The Hall–Kier alpha value is -4.23. The molecule has 8 heteroatoms. The Bertz CT molecular complexity index is 1740. The number of hydrogen-bond donors (Lipinski definition) is 2. The van der Waals surface area contributed by atoms with E-state index >= 15 is 0 Å². The lowest BCUT2D eigenvalue weighted by atomic mass is 10.1. The second-order valence-electron chi connectivity index (χ2n) is 11.1. The first kappa shape index (κ1) is 30.2. The van der Waals surface area contributed by atoms with Crippen LogP contribution in [0.25, 0.3) is 16.6 Å². The van der Waals surface area contributed by atoms with Crippen LogP contribution in [0.4, 0.5) is 5.82 Å². The number of rotatable bonds is 13. The average Bonchev–Trinajstić information content (AvgIpc) is 3.57. The highest BCUT2D eigenvalue weighted by Crippen LogP contribution is 2.34. The van der Waals surface area contributed by atoms with Crippen molar-refractivity contribution >= 4 is 34.1 Å². The number of aromatic amines is 1. The van der Waals surface area contributed by atoms with E-state index in [1.807, 2.05) is 74.5 Å². The summed E-state index contributed by atoms with van der Waals surface area (Å²) in [5.41, 5.74) is 10.7. The molecule has 3 aromatic carbocycles. The number of nitrogens with zero attached hydrogens (tertiary/aromatic N) is 2. The van der Waals surface area contributed by atoms with Crippen molar-refractivity contribution in [3.8, 4) is 22.9 Å². The Morgan fingerprint density at radius 3 is 2.58 bits per heavy atom. The first-order valence-corrected chi connectivity index (χ1v) is 15.4. The van der Waals surface area contributed by atoms with E-state index in [9.17, 15) is 4.79 Å². The minimum absolute atomic E-state index is 0.115. The summed E-state index contributed by atoms with van der Waals surface area (Å²) < 4.78 is 14.0. The first-order valence-electron chi connectivity index (χ1n) is 15.0. The number of H-pyrrole nitrogens is 1. The van der Waals surface area contributed by atoms with Crippen LogP contribution in [0.1, 0.15) is 79.6 Å². The van der Waals surface area contributed by atoms with Crippen LogP contribution in [0, 0.1) is 13.8 Å². The van der Waals surface area contributed by atoms with Gasteiger partial charge in [-0.2, -0.15) is 5.10 Å². The third-order valence-electron chi connectivity index (χ3n) is 7.62. The maximum absolute atomic E-state index is 13.6. The Kier molecular flexibility index (Phi) is 9.41. The van der Waals surface area contributed by atoms with Crippen LogP contribution in [0.3, 0.4) is 0 Å². The summed E-state index contributed by atoms with van der Waals surface area (Å²) in [5, 5.41) is 5.80. The molecule has 0 amide bonds. The number of benzene rings is 3. The van der Waals surface area contributed by atoms with Crippen LogP contribution in [0.15, 0.2) is 66.9 Å². The summed E-state index contributed by atoms with van der Waals surface area (Å²) in [6.07, 6.45) is 8.12. The molecule has 0 radical (unpaired) electrons. The molecule has 0 aliphatic carbocycles. The number of halogens is 1. The van der Waals surface area contributed by atoms with Gasteiger partial charge in [0.25, 0.3) is 0 Å². The van der Waals surface area contributed by atoms with Crippen LogP contribution in [-0.2, 0) is 0 Å². The van der Waals surface area contributed by atoms with E-state index in [4.69, 9.17) is 26.8 Å². The monoisotopic (exact) mass is 598 g/mol. The smallest absolute Gasteiger partial charge is 0.214 e. The zero-order valence-electron chi connectivity index (χ0n) is 25.2. The summed E-state index contributed by atoms with van der Waals surface area (Å²) in [7, 11) is 0. The fourth-order valence-electron chi connectivity index (χ4n) is 5.30. The molecule has 0 bridgehead atoms. The number of fused-ring (bicyclic) bond motifs is 1. The zero-order valence-corrected chi connectivity index (χ0v) is 26.0. The van der Waals surface area contributed by atoms with Gasteiger partial charge >= 0.3 is 0 Å². The van der Waals surface area contributed by atoms with E-state index < -0.39 is 0 Å². The van der Waals surface area contributed by atoms with Gasteiger partial charge in [0.15, 0.2) is 0 Å². The van der Waals surface area contributed by atoms with E-state index in [1.54, 1.807) is 4.68 Å². The average molecular weight is 599 g/mol. The number of ketones is 1. The van der Waals surface area contributed by atoms with Crippen LogP contribution in [-0.4, -0.2) is 26.7 Å².